The third-order valence-electron chi connectivity index (χ3n) is 4.80. The van der Waals surface area contributed by atoms with Gasteiger partial charge in [-0.15, -0.1) is 0 Å². The van der Waals surface area contributed by atoms with Crippen molar-refractivity contribution in [2.75, 3.05) is 6.54 Å². The maximum atomic E-state index is 12.3. The fourth-order valence-electron chi connectivity index (χ4n) is 3.37. The van der Waals surface area contributed by atoms with E-state index in [-0.39, 0.29) is 19.4 Å². The van der Waals surface area contributed by atoms with E-state index in [0.717, 1.165) is 23.1 Å². The summed E-state index contributed by atoms with van der Waals surface area (Å²) in [6, 6.07) is 5.73. The predicted octanol–water partition coefficient (Wildman–Crippen LogP) is 0.204. The van der Waals surface area contributed by atoms with Crippen LogP contribution in [0.4, 0.5) is 0 Å². The second kappa shape index (κ2) is 7.18. The second-order valence-electron chi connectivity index (χ2n) is 6.53. The van der Waals surface area contributed by atoms with E-state index in [2.05, 4.69) is 10.6 Å². The molecular weight excluding hydrogens is 360 g/mol. The van der Waals surface area contributed by atoms with Gasteiger partial charge >= 0.3 is 5.97 Å². The van der Waals surface area contributed by atoms with Crippen LogP contribution >= 0.6 is 0 Å². The molecule has 140 valence electrons. The van der Waals surface area contributed by atoms with Crippen LogP contribution < -0.4 is 10.6 Å². The standard InChI is InChI=1S/C17H20N2O6S/c20-16(14-8-12(9-18-14)26(23,24)25)19-15(17(21)22)7-11-6-5-10-3-1-2-4-13(10)11/h1-4,6,12,14-15,18H,5,7-9H2,(H,19,20)(H,21,22)(H,23,24,25)/t12-,14-,15-/m0/s1. The average Bonchev–Trinajstić information content (AvgIpc) is 3.21. The van der Waals surface area contributed by atoms with Crippen LogP contribution in [0.25, 0.3) is 5.57 Å². The molecule has 0 unspecified atom stereocenters. The van der Waals surface area contributed by atoms with Crippen LogP contribution in [0.15, 0.2) is 30.3 Å². The van der Waals surface area contributed by atoms with Crippen LogP contribution in [0.2, 0.25) is 0 Å². The Morgan fingerprint density at radius 3 is 2.69 bits per heavy atom. The summed E-state index contributed by atoms with van der Waals surface area (Å²) in [5.41, 5.74) is 2.97. The Hall–Kier alpha value is -2.23. The minimum atomic E-state index is -4.23. The van der Waals surface area contributed by atoms with Crippen LogP contribution in [0, 0.1) is 0 Å². The fraction of sp³-hybridized carbons (Fsp3) is 0.412. The highest BCUT2D eigenvalue weighted by molar-refractivity contribution is 7.86. The van der Waals surface area contributed by atoms with E-state index < -0.39 is 39.3 Å². The first kappa shape index (κ1) is 18.6. The van der Waals surface area contributed by atoms with Gasteiger partial charge in [0.05, 0.1) is 6.04 Å². The fourth-order valence-corrected chi connectivity index (χ4v) is 4.11. The molecule has 0 spiro atoms. The normalized spacial score (nSPS) is 23.2. The minimum Gasteiger partial charge on any atom is -0.480 e. The number of carboxylic acid groups (broad SMARTS) is 1. The Bertz CT molecular complexity index is 864. The smallest absolute Gasteiger partial charge is 0.326 e. The highest BCUT2D eigenvalue weighted by Gasteiger charge is 2.37. The van der Waals surface area contributed by atoms with Crippen molar-refractivity contribution >= 4 is 27.6 Å². The van der Waals surface area contributed by atoms with Crippen molar-refractivity contribution < 1.29 is 27.7 Å². The highest BCUT2D eigenvalue weighted by Crippen LogP contribution is 2.30. The molecule has 1 aromatic carbocycles. The Balaban J connectivity index is 1.65. The van der Waals surface area contributed by atoms with Gasteiger partial charge in [0.1, 0.15) is 11.3 Å². The number of carbonyl (C=O) groups excluding carboxylic acids is 1. The van der Waals surface area contributed by atoms with Gasteiger partial charge in [-0.1, -0.05) is 30.3 Å². The Kier molecular flexibility index (Phi) is 5.12. The minimum absolute atomic E-state index is 0.0484. The van der Waals surface area contributed by atoms with Crippen molar-refractivity contribution in [3.05, 3.63) is 41.5 Å². The van der Waals surface area contributed by atoms with Gasteiger partial charge in [0, 0.05) is 13.0 Å². The molecule has 0 saturated carbocycles. The summed E-state index contributed by atoms with van der Waals surface area (Å²) in [7, 11) is -4.23. The third-order valence-corrected chi connectivity index (χ3v) is 6.00. The average molecular weight is 380 g/mol. The number of fused-ring (bicyclic) bond motifs is 1. The summed E-state index contributed by atoms with van der Waals surface area (Å²) in [5.74, 6) is -1.75. The van der Waals surface area contributed by atoms with E-state index >= 15 is 0 Å². The number of aliphatic carboxylic acids is 1. The van der Waals surface area contributed by atoms with E-state index in [0.29, 0.717) is 0 Å². The number of carboxylic acids is 1. The number of hydrogen-bond acceptors (Lipinski definition) is 5. The van der Waals surface area contributed by atoms with E-state index in [9.17, 15) is 23.1 Å². The molecule has 0 aromatic heterocycles. The summed E-state index contributed by atoms with van der Waals surface area (Å²) >= 11 is 0. The Labute approximate surface area is 151 Å². The number of benzene rings is 1. The molecule has 26 heavy (non-hydrogen) atoms. The first-order valence-corrected chi connectivity index (χ1v) is 9.76. The van der Waals surface area contributed by atoms with Crippen molar-refractivity contribution in [2.45, 2.75) is 36.6 Å². The van der Waals surface area contributed by atoms with Gasteiger partial charge in [0.2, 0.25) is 5.91 Å². The first-order chi connectivity index (χ1) is 12.3. The van der Waals surface area contributed by atoms with E-state index in [4.69, 9.17) is 4.55 Å². The molecule has 1 amide bonds. The molecule has 3 atom stereocenters. The highest BCUT2D eigenvalue weighted by atomic mass is 32.2. The molecule has 2 aliphatic rings. The lowest BCUT2D eigenvalue weighted by Crippen LogP contribution is -2.48. The maximum Gasteiger partial charge on any atom is 0.326 e. The predicted molar refractivity (Wildman–Crippen MR) is 94.1 cm³/mol. The Morgan fingerprint density at radius 1 is 1.31 bits per heavy atom. The number of carbonyl (C=O) groups is 2. The van der Waals surface area contributed by atoms with Gasteiger partial charge in [-0.05, 0) is 29.5 Å². The van der Waals surface area contributed by atoms with Crippen LogP contribution in [-0.2, 0) is 26.1 Å². The lowest BCUT2D eigenvalue weighted by atomic mass is 9.99. The maximum absolute atomic E-state index is 12.3. The van der Waals surface area contributed by atoms with E-state index in [1.165, 1.54) is 0 Å². The van der Waals surface area contributed by atoms with Crippen LogP contribution in [0.3, 0.4) is 0 Å². The van der Waals surface area contributed by atoms with Crippen molar-refractivity contribution in [2.24, 2.45) is 0 Å². The van der Waals surface area contributed by atoms with E-state index in [1.54, 1.807) is 0 Å². The summed E-state index contributed by atoms with van der Waals surface area (Å²) in [6.07, 6.45) is 2.73. The molecule has 8 nitrogen and oxygen atoms in total. The lowest BCUT2D eigenvalue weighted by Gasteiger charge is -2.18. The van der Waals surface area contributed by atoms with Gasteiger partial charge in [-0.25, -0.2) is 4.79 Å². The molecular formula is C17H20N2O6S. The monoisotopic (exact) mass is 380 g/mol. The third kappa shape index (κ3) is 3.95. The quantitative estimate of drug-likeness (QED) is 0.518. The van der Waals surface area contributed by atoms with Gasteiger partial charge in [-0.2, -0.15) is 8.42 Å². The lowest BCUT2D eigenvalue weighted by molar-refractivity contribution is -0.141. The molecule has 1 fully saturated rings. The zero-order chi connectivity index (χ0) is 18.9. The number of allylic oxidation sites excluding steroid dienone is 1. The molecule has 0 radical (unpaired) electrons. The van der Waals surface area contributed by atoms with Crippen LogP contribution in [0.5, 0.6) is 0 Å². The number of rotatable bonds is 6. The molecule has 1 aromatic rings. The topological polar surface area (TPSA) is 133 Å². The van der Waals surface area contributed by atoms with E-state index in [1.807, 2.05) is 30.3 Å². The largest absolute Gasteiger partial charge is 0.480 e. The summed E-state index contributed by atoms with van der Waals surface area (Å²) < 4.78 is 31.4. The summed E-state index contributed by atoms with van der Waals surface area (Å²) in [6.45, 7) is -0.0484. The van der Waals surface area contributed by atoms with Crippen molar-refractivity contribution in [1.82, 2.24) is 10.6 Å². The molecule has 1 aliphatic heterocycles. The van der Waals surface area contributed by atoms with Crippen LogP contribution in [-0.4, -0.2) is 53.8 Å². The number of nitrogens with one attached hydrogen (secondary N) is 2. The number of amides is 1. The number of hydrogen-bond donors (Lipinski definition) is 4. The molecule has 1 saturated heterocycles. The van der Waals surface area contributed by atoms with Crippen molar-refractivity contribution in [1.29, 1.82) is 0 Å². The molecule has 0 bridgehead atoms. The molecule has 3 rings (SSSR count). The second-order valence-corrected chi connectivity index (χ2v) is 8.22. The van der Waals surface area contributed by atoms with Crippen molar-refractivity contribution in [3.63, 3.8) is 0 Å². The zero-order valence-electron chi connectivity index (χ0n) is 13.9. The van der Waals surface area contributed by atoms with Gasteiger partial charge < -0.3 is 15.7 Å². The molecule has 1 heterocycles. The van der Waals surface area contributed by atoms with Gasteiger partial charge in [0.15, 0.2) is 0 Å². The molecule has 1 aliphatic carbocycles. The van der Waals surface area contributed by atoms with Crippen molar-refractivity contribution in [3.8, 4) is 0 Å². The first-order valence-electron chi connectivity index (χ1n) is 8.26. The molecule has 9 heteroatoms. The van der Waals surface area contributed by atoms with Gasteiger partial charge in [0.25, 0.3) is 10.1 Å². The zero-order valence-corrected chi connectivity index (χ0v) is 14.7. The van der Waals surface area contributed by atoms with Crippen LogP contribution in [0.1, 0.15) is 24.0 Å². The molecule has 4 N–H and O–H groups in total. The Morgan fingerprint density at radius 2 is 2.04 bits per heavy atom. The summed E-state index contributed by atoms with van der Waals surface area (Å²) in [5, 5.41) is 13.6. The van der Waals surface area contributed by atoms with Gasteiger partial charge in [-0.3, -0.25) is 9.35 Å². The summed E-state index contributed by atoms with van der Waals surface area (Å²) in [4.78, 5) is 23.9. The SMILES string of the molecule is O=C(O)[C@H](CC1=CCc2ccccc21)NC(=O)[C@@H]1C[C@H](S(=O)(=O)O)CN1.